The number of hydrogen-bond acceptors (Lipinski definition) is 6. The second-order valence-electron chi connectivity index (χ2n) is 9.57. The number of rotatable bonds is 2. The molecule has 2 saturated carbocycles. The van der Waals surface area contributed by atoms with Crippen LogP contribution in [0.4, 0.5) is 4.39 Å². The van der Waals surface area contributed by atoms with Gasteiger partial charge >= 0.3 is 0 Å². The summed E-state index contributed by atoms with van der Waals surface area (Å²) >= 11 is 0. The van der Waals surface area contributed by atoms with E-state index in [9.17, 15) is 30.0 Å². The van der Waals surface area contributed by atoms with Crippen molar-refractivity contribution in [2.45, 2.75) is 51.0 Å². The van der Waals surface area contributed by atoms with Crippen molar-refractivity contribution in [2.24, 2.45) is 28.6 Å². The number of aliphatic hydroxyl groups is 4. The van der Waals surface area contributed by atoms with Gasteiger partial charge in [0, 0.05) is 16.9 Å². The van der Waals surface area contributed by atoms with Gasteiger partial charge in [-0.15, -0.1) is 0 Å². The van der Waals surface area contributed by atoms with Gasteiger partial charge in [-0.25, -0.2) is 4.39 Å². The predicted molar refractivity (Wildman–Crippen MR) is 101 cm³/mol. The molecule has 4 aliphatic rings. The number of hydrogen-bond donors (Lipinski definition) is 4. The maximum Gasteiger partial charge on any atom is 0.190 e. The van der Waals surface area contributed by atoms with Crippen LogP contribution in [0, 0.1) is 28.6 Å². The Kier molecular flexibility index (Phi) is 4.13. The van der Waals surface area contributed by atoms with Crippen molar-refractivity contribution in [3.8, 4) is 0 Å². The summed E-state index contributed by atoms with van der Waals surface area (Å²) in [7, 11) is 0. The van der Waals surface area contributed by atoms with Gasteiger partial charge in [0.05, 0.1) is 11.5 Å². The van der Waals surface area contributed by atoms with E-state index in [1.165, 1.54) is 24.3 Å². The Bertz CT molecular complexity index is 892. The number of ketones is 2. The summed E-state index contributed by atoms with van der Waals surface area (Å²) in [5.41, 5.74) is -6.64. The highest BCUT2D eigenvalue weighted by atomic mass is 19.1. The van der Waals surface area contributed by atoms with Crippen LogP contribution in [0.1, 0.15) is 33.6 Å². The molecule has 0 bridgehead atoms. The lowest BCUT2D eigenvalue weighted by atomic mass is 9.46. The number of fused-ring (bicyclic) bond motifs is 5. The third-order valence-electron chi connectivity index (χ3n) is 8.44. The Balaban J connectivity index is 1.93. The van der Waals surface area contributed by atoms with Crippen molar-refractivity contribution in [3.63, 3.8) is 0 Å². The maximum atomic E-state index is 16.9. The van der Waals surface area contributed by atoms with E-state index in [4.69, 9.17) is 0 Å². The minimum Gasteiger partial charge on any atom is -0.508 e. The van der Waals surface area contributed by atoms with Crippen LogP contribution in [-0.4, -0.2) is 56.0 Å². The zero-order chi connectivity index (χ0) is 21.6. The first-order valence-corrected chi connectivity index (χ1v) is 9.98. The molecule has 4 N–H and O–H groups in total. The average Bonchev–Trinajstić information content (AvgIpc) is 2.86. The lowest BCUT2D eigenvalue weighted by Gasteiger charge is -2.61. The van der Waals surface area contributed by atoms with Gasteiger partial charge in [0.2, 0.25) is 0 Å². The summed E-state index contributed by atoms with van der Waals surface area (Å²) in [5, 5.41) is 42.6. The number of aliphatic hydroxyl groups excluding tert-OH is 3. The summed E-state index contributed by atoms with van der Waals surface area (Å²) in [4.78, 5) is 24.4. The van der Waals surface area contributed by atoms with Crippen molar-refractivity contribution in [1.82, 2.24) is 0 Å². The Labute approximate surface area is 168 Å². The van der Waals surface area contributed by atoms with E-state index in [1.54, 1.807) is 20.8 Å². The lowest BCUT2D eigenvalue weighted by Crippen LogP contribution is -2.69. The fourth-order valence-corrected chi connectivity index (χ4v) is 6.83. The second kappa shape index (κ2) is 5.86. The molecule has 8 atom stereocenters. The molecule has 0 radical (unpaired) electrons. The Morgan fingerprint density at radius 2 is 2.00 bits per heavy atom. The van der Waals surface area contributed by atoms with E-state index < -0.39 is 58.3 Å². The molecule has 2 fully saturated rings. The van der Waals surface area contributed by atoms with Crippen LogP contribution in [0.2, 0.25) is 0 Å². The minimum atomic E-state index is -2.24. The summed E-state index contributed by atoms with van der Waals surface area (Å²) in [6.45, 7) is 4.03. The van der Waals surface area contributed by atoms with Crippen LogP contribution in [-0.2, 0) is 9.59 Å². The van der Waals surface area contributed by atoms with Gasteiger partial charge in [-0.1, -0.05) is 19.9 Å². The molecule has 0 aromatic rings. The van der Waals surface area contributed by atoms with Crippen LogP contribution < -0.4 is 0 Å². The zero-order valence-electron chi connectivity index (χ0n) is 16.7. The highest BCUT2D eigenvalue weighted by Crippen LogP contribution is 2.70. The van der Waals surface area contributed by atoms with Crippen molar-refractivity contribution in [3.05, 3.63) is 35.6 Å². The van der Waals surface area contributed by atoms with E-state index in [0.717, 1.165) is 0 Å². The van der Waals surface area contributed by atoms with Crippen LogP contribution in [0.25, 0.3) is 0 Å². The SMILES string of the molecule is C[C@H]1C[C@H]2[C@@H]3C=C(O)C4=CC(=O)C=C[C@]4(C)[C@@]3(F)[C@@H](O)C[C@]2(C)[C@@]1(O)C(=O)CO. The second-order valence-corrected chi connectivity index (χ2v) is 9.57. The van der Waals surface area contributed by atoms with Gasteiger partial charge in [0.1, 0.15) is 18.0 Å². The smallest absolute Gasteiger partial charge is 0.190 e. The molecular weight excluding hydrogens is 379 g/mol. The first-order chi connectivity index (χ1) is 13.4. The lowest BCUT2D eigenvalue weighted by molar-refractivity contribution is -0.206. The molecule has 4 rings (SSSR count). The fraction of sp³-hybridized carbons (Fsp3) is 0.636. The highest BCUT2D eigenvalue weighted by molar-refractivity contribution is 6.02. The molecule has 0 aliphatic heterocycles. The van der Waals surface area contributed by atoms with Gasteiger partial charge in [0.25, 0.3) is 0 Å². The Hall–Kier alpha value is -1.83. The molecule has 0 unspecified atom stereocenters. The standard InChI is InChI=1S/C22H27FO6/c1-11-6-13-14-8-16(26)15-7-12(25)4-5-19(15,2)21(14,23)17(27)9-20(13,3)22(11,29)18(28)10-24/h4-5,7-8,11,13-14,17,24,26-27,29H,6,9-10H2,1-3H3/t11-,13-,14-,17-,19-,20-,21-,22-/m0/s1. The normalized spacial score (nSPS) is 50.9. The summed E-state index contributed by atoms with van der Waals surface area (Å²) in [5.74, 6) is -3.44. The fourth-order valence-electron chi connectivity index (χ4n) is 6.83. The molecular formula is C22H27FO6. The first kappa shape index (κ1) is 20.4. The van der Waals surface area contributed by atoms with E-state index in [2.05, 4.69) is 0 Å². The molecule has 158 valence electrons. The van der Waals surface area contributed by atoms with E-state index in [-0.39, 0.29) is 23.5 Å². The Morgan fingerprint density at radius 3 is 2.62 bits per heavy atom. The topological polar surface area (TPSA) is 115 Å². The average molecular weight is 406 g/mol. The number of allylic oxidation sites excluding steroid dienone is 5. The van der Waals surface area contributed by atoms with Crippen molar-refractivity contribution in [2.75, 3.05) is 6.61 Å². The van der Waals surface area contributed by atoms with Gasteiger partial charge < -0.3 is 20.4 Å². The van der Waals surface area contributed by atoms with Gasteiger partial charge in [-0.2, -0.15) is 0 Å². The number of Topliss-reactive ketones (excluding diaryl/α,β-unsaturated/α-hetero) is 1. The highest BCUT2D eigenvalue weighted by Gasteiger charge is 2.75. The third-order valence-corrected chi connectivity index (χ3v) is 8.44. The monoisotopic (exact) mass is 406 g/mol. The predicted octanol–water partition coefficient (Wildman–Crippen LogP) is 1.56. The van der Waals surface area contributed by atoms with Crippen LogP contribution >= 0.6 is 0 Å². The summed E-state index contributed by atoms with van der Waals surface area (Å²) < 4.78 is 16.9. The molecule has 0 spiro atoms. The van der Waals surface area contributed by atoms with Crippen molar-refractivity contribution in [1.29, 1.82) is 0 Å². The van der Waals surface area contributed by atoms with E-state index >= 15 is 4.39 Å². The molecule has 0 amide bonds. The maximum absolute atomic E-state index is 16.9. The van der Waals surface area contributed by atoms with Gasteiger partial charge in [0.15, 0.2) is 17.2 Å². The van der Waals surface area contributed by atoms with Gasteiger partial charge in [-0.3, -0.25) is 9.59 Å². The molecule has 0 saturated heterocycles. The summed E-state index contributed by atoms with van der Waals surface area (Å²) in [6, 6.07) is 0. The van der Waals surface area contributed by atoms with E-state index in [1.807, 2.05) is 0 Å². The molecule has 29 heavy (non-hydrogen) atoms. The summed E-state index contributed by atoms with van der Waals surface area (Å²) in [6.07, 6.45) is 3.70. The van der Waals surface area contributed by atoms with E-state index in [0.29, 0.717) is 6.42 Å². The molecule has 0 heterocycles. The molecule has 6 nitrogen and oxygen atoms in total. The van der Waals surface area contributed by atoms with Crippen LogP contribution in [0.15, 0.2) is 35.6 Å². The number of carbonyl (C=O) groups excluding carboxylic acids is 2. The molecule has 7 heteroatoms. The van der Waals surface area contributed by atoms with Crippen molar-refractivity contribution < 1.29 is 34.4 Å². The largest absolute Gasteiger partial charge is 0.508 e. The number of halogens is 1. The van der Waals surface area contributed by atoms with Crippen LogP contribution in [0.3, 0.4) is 0 Å². The van der Waals surface area contributed by atoms with Gasteiger partial charge in [-0.05, 0) is 49.8 Å². The molecule has 0 aromatic carbocycles. The minimum absolute atomic E-state index is 0.124. The molecule has 4 aliphatic carbocycles. The third kappa shape index (κ3) is 2.11. The zero-order valence-corrected chi connectivity index (χ0v) is 16.7. The van der Waals surface area contributed by atoms with Crippen LogP contribution in [0.5, 0.6) is 0 Å². The number of alkyl halides is 1. The quantitative estimate of drug-likeness (QED) is 0.553. The molecule has 0 aromatic heterocycles. The first-order valence-electron chi connectivity index (χ1n) is 9.98. The Morgan fingerprint density at radius 1 is 1.34 bits per heavy atom. The van der Waals surface area contributed by atoms with Crippen molar-refractivity contribution >= 4 is 11.6 Å². The number of carbonyl (C=O) groups is 2.